The van der Waals surface area contributed by atoms with Crippen LogP contribution >= 0.6 is 0 Å². The molecule has 0 aliphatic rings. The zero-order chi connectivity index (χ0) is 22.1. The van der Waals surface area contributed by atoms with Crippen LogP contribution in [0.5, 0.6) is 0 Å². The highest BCUT2D eigenvalue weighted by molar-refractivity contribution is 6.04. The summed E-state index contributed by atoms with van der Waals surface area (Å²) in [6.45, 7) is 1.91. The van der Waals surface area contributed by atoms with E-state index in [1.807, 2.05) is 56.2 Å². The molecule has 0 aliphatic carbocycles. The van der Waals surface area contributed by atoms with E-state index in [1.54, 1.807) is 33.4 Å². The van der Waals surface area contributed by atoms with Crippen LogP contribution < -0.4 is 5.69 Å². The molecule has 0 saturated carbocycles. The number of hydrogen-bond acceptors (Lipinski definition) is 5. The molecule has 0 N–H and O–H groups in total. The van der Waals surface area contributed by atoms with Gasteiger partial charge in [0.15, 0.2) is 5.65 Å². The molecule has 6 rings (SSSR count). The summed E-state index contributed by atoms with van der Waals surface area (Å²) in [6, 6.07) is 8.09. The van der Waals surface area contributed by atoms with Crippen molar-refractivity contribution in [1.29, 1.82) is 0 Å². The second-order valence-electron chi connectivity index (χ2n) is 8.10. The highest BCUT2D eigenvalue weighted by atomic mass is 16.1. The topological polar surface area (TPSA) is 88.3 Å². The maximum absolute atomic E-state index is 13.2. The number of hydrogen-bond donors (Lipinski definition) is 0. The first-order valence-electron chi connectivity index (χ1n) is 10.2. The minimum atomic E-state index is -0.132. The van der Waals surface area contributed by atoms with Crippen molar-refractivity contribution in [2.45, 2.75) is 6.92 Å². The Morgan fingerprint density at radius 2 is 1.75 bits per heavy atom. The highest BCUT2D eigenvalue weighted by Gasteiger charge is 2.19. The number of aromatic nitrogens is 8. The normalized spacial score (nSPS) is 11.9. The van der Waals surface area contributed by atoms with E-state index in [0.29, 0.717) is 0 Å². The Labute approximate surface area is 182 Å². The van der Waals surface area contributed by atoms with Gasteiger partial charge in [-0.05, 0) is 30.7 Å². The van der Waals surface area contributed by atoms with E-state index in [1.165, 1.54) is 0 Å². The summed E-state index contributed by atoms with van der Waals surface area (Å²) in [6.07, 6.45) is 7.23. The molecule has 9 heteroatoms. The molecule has 9 nitrogen and oxygen atoms in total. The molecule has 5 heterocycles. The van der Waals surface area contributed by atoms with Gasteiger partial charge in [-0.25, -0.2) is 14.8 Å². The summed E-state index contributed by atoms with van der Waals surface area (Å²) in [5.41, 5.74) is 7.42. The monoisotopic (exact) mass is 424 g/mol. The van der Waals surface area contributed by atoms with Crippen molar-refractivity contribution < 1.29 is 0 Å². The molecule has 0 fully saturated rings. The standard InChI is InChI=1S/C23H20N8O/c1-13-20(11-29(3)27-13)31-21-16-7-14(15-8-18-22(25-9-15)28(2)12-26-18)5-6-17(16)24-10-19(21)30(4)23(31)32/h5-12H,1-4H3. The largest absolute Gasteiger partial charge is 0.333 e. The van der Waals surface area contributed by atoms with Gasteiger partial charge in [-0.3, -0.25) is 18.8 Å². The van der Waals surface area contributed by atoms with Crippen molar-refractivity contribution in [2.75, 3.05) is 0 Å². The summed E-state index contributed by atoms with van der Waals surface area (Å²) in [5, 5.41) is 5.33. The van der Waals surface area contributed by atoms with Gasteiger partial charge in [0.1, 0.15) is 5.52 Å². The van der Waals surface area contributed by atoms with Gasteiger partial charge >= 0.3 is 5.69 Å². The molecule has 0 bridgehead atoms. The molecule has 5 aromatic heterocycles. The Morgan fingerprint density at radius 3 is 2.53 bits per heavy atom. The lowest BCUT2D eigenvalue weighted by Gasteiger charge is -2.07. The lowest BCUT2D eigenvalue weighted by molar-refractivity contribution is 0.756. The number of nitrogens with zero attached hydrogens (tertiary/aromatic N) is 8. The predicted molar refractivity (Wildman–Crippen MR) is 123 cm³/mol. The Balaban J connectivity index is 1.68. The minimum Gasteiger partial charge on any atom is -0.318 e. The highest BCUT2D eigenvalue weighted by Crippen LogP contribution is 2.30. The second-order valence-corrected chi connectivity index (χ2v) is 8.10. The van der Waals surface area contributed by atoms with E-state index in [-0.39, 0.29) is 5.69 Å². The van der Waals surface area contributed by atoms with Crippen LogP contribution in [0.4, 0.5) is 0 Å². The van der Waals surface area contributed by atoms with Crippen molar-refractivity contribution in [2.24, 2.45) is 21.1 Å². The quantitative estimate of drug-likeness (QED) is 0.427. The van der Waals surface area contributed by atoms with Crippen molar-refractivity contribution in [3.05, 3.63) is 65.4 Å². The fraction of sp³-hybridized carbons (Fsp3) is 0.174. The molecule has 1 aromatic carbocycles. The molecule has 0 amide bonds. The predicted octanol–water partition coefficient (Wildman–Crippen LogP) is 2.87. The van der Waals surface area contributed by atoms with Crippen LogP contribution in [0.3, 0.4) is 0 Å². The number of rotatable bonds is 2. The van der Waals surface area contributed by atoms with Crippen molar-refractivity contribution in [1.82, 2.24) is 38.4 Å². The summed E-state index contributed by atoms with van der Waals surface area (Å²) >= 11 is 0. The molecule has 0 aliphatic heterocycles. The Bertz CT molecular complexity index is 1750. The Hall–Kier alpha value is -4.27. The average molecular weight is 424 g/mol. The smallest absolute Gasteiger partial charge is 0.318 e. The fourth-order valence-corrected chi connectivity index (χ4v) is 4.38. The molecule has 158 valence electrons. The lowest BCUT2D eigenvalue weighted by Crippen LogP contribution is -2.21. The van der Waals surface area contributed by atoms with Gasteiger partial charge in [0.05, 0.1) is 40.5 Å². The summed E-state index contributed by atoms with van der Waals surface area (Å²) in [5.74, 6) is 0. The first kappa shape index (κ1) is 18.5. The van der Waals surface area contributed by atoms with Crippen molar-refractivity contribution in [3.63, 3.8) is 0 Å². The van der Waals surface area contributed by atoms with Crippen LogP contribution in [0, 0.1) is 6.92 Å². The molecule has 0 radical (unpaired) electrons. The van der Waals surface area contributed by atoms with E-state index in [0.717, 1.165) is 55.6 Å². The lowest BCUT2D eigenvalue weighted by atomic mass is 10.0. The van der Waals surface area contributed by atoms with Crippen molar-refractivity contribution >= 4 is 33.1 Å². The van der Waals surface area contributed by atoms with Gasteiger partial charge in [0.2, 0.25) is 0 Å². The number of aryl methyl sites for hydroxylation is 4. The van der Waals surface area contributed by atoms with Crippen molar-refractivity contribution in [3.8, 4) is 16.8 Å². The van der Waals surface area contributed by atoms with Crippen LogP contribution in [-0.2, 0) is 21.1 Å². The molecule has 0 unspecified atom stereocenters. The van der Waals surface area contributed by atoms with Crippen LogP contribution in [0.1, 0.15) is 5.69 Å². The molecule has 6 aromatic rings. The fourth-order valence-electron chi connectivity index (χ4n) is 4.38. The number of fused-ring (bicyclic) bond motifs is 4. The van der Waals surface area contributed by atoms with Crippen LogP contribution in [0.25, 0.3) is 49.9 Å². The third-order valence-corrected chi connectivity index (χ3v) is 6.00. The Kier molecular flexibility index (Phi) is 3.68. The first-order valence-corrected chi connectivity index (χ1v) is 10.2. The second kappa shape index (κ2) is 6.36. The van der Waals surface area contributed by atoms with E-state index in [2.05, 4.69) is 26.1 Å². The summed E-state index contributed by atoms with van der Waals surface area (Å²) in [4.78, 5) is 26.8. The number of benzene rings is 1. The molecule has 0 saturated heterocycles. The molecular formula is C23H20N8O. The van der Waals surface area contributed by atoms with E-state index in [4.69, 9.17) is 0 Å². The summed E-state index contributed by atoms with van der Waals surface area (Å²) in [7, 11) is 5.55. The van der Waals surface area contributed by atoms with E-state index < -0.39 is 0 Å². The molecule has 0 atom stereocenters. The number of imidazole rings is 2. The summed E-state index contributed by atoms with van der Waals surface area (Å²) < 4.78 is 6.97. The van der Waals surface area contributed by atoms with Gasteiger partial charge in [0.25, 0.3) is 0 Å². The third kappa shape index (κ3) is 2.48. The van der Waals surface area contributed by atoms with Gasteiger partial charge in [0, 0.05) is 44.5 Å². The first-order chi connectivity index (χ1) is 15.4. The van der Waals surface area contributed by atoms with E-state index >= 15 is 0 Å². The van der Waals surface area contributed by atoms with Gasteiger partial charge in [-0.2, -0.15) is 5.10 Å². The Morgan fingerprint density at radius 1 is 0.906 bits per heavy atom. The van der Waals surface area contributed by atoms with Gasteiger partial charge in [-0.1, -0.05) is 6.07 Å². The molecular weight excluding hydrogens is 404 g/mol. The average Bonchev–Trinajstić information content (AvgIpc) is 3.41. The van der Waals surface area contributed by atoms with Crippen LogP contribution in [0.15, 0.2) is 54.0 Å². The van der Waals surface area contributed by atoms with Crippen LogP contribution in [0.2, 0.25) is 0 Å². The minimum absolute atomic E-state index is 0.132. The SMILES string of the molecule is Cc1nn(C)cc1-n1c(=O)n(C)c2cnc3ccc(-c4cnc5c(c4)ncn5C)cc3c21. The number of pyridine rings is 2. The van der Waals surface area contributed by atoms with Gasteiger partial charge in [-0.15, -0.1) is 0 Å². The maximum Gasteiger partial charge on any atom is 0.333 e. The zero-order valence-corrected chi connectivity index (χ0v) is 18.1. The van der Waals surface area contributed by atoms with Gasteiger partial charge < -0.3 is 4.57 Å². The van der Waals surface area contributed by atoms with Crippen LogP contribution in [-0.4, -0.2) is 38.4 Å². The van der Waals surface area contributed by atoms with E-state index in [9.17, 15) is 4.79 Å². The molecule has 32 heavy (non-hydrogen) atoms. The maximum atomic E-state index is 13.2. The molecule has 0 spiro atoms. The zero-order valence-electron chi connectivity index (χ0n) is 18.1. The third-order valence-electron chi connectivity index (χ3n) is 6.00.